The molecule has 0 radical (unpaired) electrons. The Morgan fingerprint density at radius 1 is 1.21 bits per heavy atom. The van der Waals surface area contributed by atoms with Crippen molar-refractivity contribution in [1.29, 1.82) is 0 Å². The van der Waals surface area contributed by atoms with Crippen LogP contribution in [0.4, 0.5) is 11.6 Å². The third-order valence-corrected chi connectivity index (χ3v) is 3.38. The van der Waals surface area contributed by atoms with Crippen LogP contribution in [0, 0.1) is 5.41 Å². The maximum Gasteiger partial charge on any atom is 0.147 e. The van der Waals surface area contributed by atoms with E-state index in [4.69, 9.17) is 5.73 Å². The van der Waals surface area contributed by atoms with Gasteiger partial charge in [0, 0.05) is 13.1 Å². The molecule has 2 heterocycles. The number of aromatic nitrogens is 2. The van der Waals surface area contributed by atoms with E-state index in [9.17, 15) is 0 Å². The molecule has 0 amide bonds. The molecular formula is C10H14N4. The van der Waals surface area contributed by atoms with Crippen LogP contribution in [0.5, 0.6) is 0 Å². The van der Waals surface area contributed by atoms with Crippen LogP contribution in [-0.4, -0.2) is 23.1 Å². The largest absolute Gasteiger partial charge is 0.382 e. The average Bonchev–Trinajstić information content (AvgIpc) is 2.79. The second-order valence-electron chi connectivity index (χ2n) is 4.47. The lowest BCUT2D eigenvalue weighted by Gasteiger charge is -2.16. The van der Waals surface area contributed by atoms with Gasteiger partial charge in [-0.2, -0.15) is 0 Å². The number of nitrogens with zero attached hydrogens (tertiary/aromatic N) is 3. The first-order valence-electron chi connectivity index (χ1n) is 5.10. The molecule has 3 rings (SSSR count). The summed E-state index contributed by atoms with van der Waals surface area (Å²) in [5.74, 6) is 1.47. The van der Waals surface area contributed by atoms with Gasteiger partial charge in [0.2, 0.25) is 0 Å². The minimum atomic E-state index is 0.495. The van der Waals surface area contributed by atoms with Gasteiger partial charge in [-0.1, -0.05) is 0 Å². The Morgan fingerprint density at radius 2 is 2.07 bits per heavy atom. The highest BCUT2D eigenvalue weighted by molar-refractivity contribution is 5.41. The van der Waals surface area contributed by atoms with E-state index < -0.39 is 0 Å². The molecule has 0 aromatic carbocycles. The molecule has 2 N–H and O–H groups in total. The van der Waals surface area contributed by atoms with Crippen molar-refractivity contribution in [3.8, 4) is 0 Å². The van der Waals surface area contributed by atoms with Crippen molar-refractivity contribution in [1.82, 2.24) is 9.97 Å². The normalized spacial score (nSPS) is 23.0. The van der Waals surface area contributed by atoms with E-state index in [2.05, 4.69) is 14.9 Å². The van der Waals surface area contributed by atoms with Gasteiger partial charge in [-0.3, -0.25) is 0 Å². The van der Waals surface area contributed by atoms with E-state index >= 15 is 0 Å². The molecule has 1 aromatic heterocycles. The van der Waals surface area contributed by atoms with Crippen molar-refractivity contribution in [3.05, 3.63) is 12.4 Å². The van der Waals surface area contributed by atoms with Crippen molar-refractivity contribution in [3.63, 3.8) is 0 Å². The summed E-state index contributed by atoms with van der Waals surface area (Å²) in [7, 11) is 0. The van der Waals surface area contributed by atoms with Crippen molar-refractivity contribution >= 4 is 11.6 Å². The van der Waals surface area contributed by atoms with Crippen LogP contribution < -0.4 is 10.6 Å². The Morgan fingerprint density at radius 3 is 2.64 bits per heavy atom. The zero-order valence-corrected chi connectivity index (χ0v) is 8.11. The van der Waals surface area contributed by atoms with E-state index in [0.29, 0.717) is 11.2 Å². The van der Waals surface area contributed by atoms with Gasteiger partial charge in [0.05, 0.1) is 12.4 Å². The molecule has 14 heavy (non-hydrogen) atoms. The lowest BCUT2D eigenvalue weighted by atomic mass is 10.1. The van der Waals surface area contributed by atoms with Gasteiger partial charge < -0.3 is 10.6 Å². The third-order valence-electron chi connectivity index (χ3n) is 3.38. The lowest BCUT2D eigenvalue weighted by Crippen LogP contribution is -2.21. The summed E-state index contributed by atoms with van der Waals surface area (Å²) in [6.45, 7) is 2.28. The van der Waals surface area contributed by atoms with Gasteiger partial charge in [-0.05, 0) is 24.7 Å². The van der Waals surface area contributed by atoms with Crippen molar-refractivity contribution < 1.29 is 0 Å². The molecule has 1 aliphatic heterocycles. The van der Waals surface area contributed by atoms with Crippen molar-refractivity contribution in [2.75, 3.05) is 23.7 Å². The van der Waals surface area contributed by atoms with Crippen LogP contribution >= 0.6 is 0 Å². The summed E-state index contributed by atoms with van der Waals surface area (Å²) in [6.07, 6.45) is 7.51. The fraction of sp³-hybridized carbons (Fsp3) is 0.600. The second kappa shape index (κ2) is 2.59. The first kappa shape index (κ1) is 8.03. The van der Waals surface area contributed by atoms with Crippen LogP contribution in [0.25, 0.3) is 0 Å². The average molecular weight is 190 g/mol. The molecule has 4 heteroatoms. The van der Waals surface area contributed by atoms with Gasteiger partial charge >= 0.3 is 0 Å². The van der Waals surface area contributed by atoms with Crippen LogP contribution in [0.3, 0.4) is 0 Å². The maximum atomic E-state index is 5.50. The van der Waals surface area contributed by atoms with E-state index in [0.717, 1.165) is 18.9 Å². The molecule has 1 spiro atoms. The first-order chi connectivity index (χ1) is 6.77. The molecular weight excluding hydrogens is 176 g/mol. The summed E-state index contributed by atoms with van der Waals surface area (Å²) < 4.78 is 0. The van der Waals surface area contributed by atoms with Gasteiger partial charge in [-0.15, -0.1) is 0 Å². The minimum Gasteiger partial charge on any atom is -0.382 e. The molecule has 2 fully saturated rings. The number of anilines is 2. The number of nitrogen functional groups attached to an aromatic ring is 1. The zero-order chi connectivity index (χ0) is 9.60. The third kappa shape index (κ3) is 1.22. The second-order valence-corrected chi connectivity index (χ2v) is 4.47. The highest BCUT2D eigenvalue weighted by Gasteiger charge is 2.47. The summed E-state index contributed by atoms with van der Waals surface area (Å²) in [6, 6.07) is 0. The van der Waals surface area contributed by atoms with Crippen LogP contribution in [-0.2, 0) is 0 Å². The molecule has 1 aliphatic carbocycles. The predicted molar refractivity (Wildman–Crippen MR) is 54.9 cm³/mol. The van der Waals surface area contributed by atoms with E-state index in [1.165, 1.54) is 19.3 Å². The molecule has 1 saturated heterocycles. The molecule has 2 aliphatic rings. The highest BCUT2D eigenvalue weighted by atomic mass is 15.2. The summed E-state index contributed by atoms with van der Waals surface area (Å²) in [5, 5.41) is 0. The summed E-state index contributed by atoms with van der Waals surface area (Å²) in [4.78, 5) is 10.7. The Bertz CT molecular complexity index is 342. The van der Waals surface area contributed by atoms with Gasteiger partial charge in [0.1, 0.15) is 11.6 Å². The Hall–Kier alpha value is -1.32. The molecule has 1 aromatic rings. The van der Waals surface area contributed by atoms with E-state index in [-0.39, 0.29) is 0 Å². The quantitative estimate of drug-likeness (QED) is 0.719. The Labute approximate surface area is 83.1 Å². The number of hydrogen-bond donors (Lipinski definition) is 1. The molecule has 4 nitrogen and oxygen atoms in total. The van der Waals surface area contributed by atoms with E-state index in [1.807, 2.05) is 0 Å². The Balaban J connectivity index is 1.79. The molecule has 0 atom stereocenters. The van der Waals surface area contributed by atoms with Crippen molar-refractivity contribution in [2.24, 2.45) is 5.41 Å². The van der Waals surface area contributed by atoms with Crippen LogP contribution in [0.1, 0.15) is 19.3 Å². The van der Waals surface area contributed by atoms with Gasteiger partial charge in [0.25, 0.3) is 0 Å². The predicted octanol–water partition coefficient (Wildman–Crippen LogP) is 1.05. The molecule has 74 valence electrons. The SMILES string of the molecule is Nc1cnc(N2CCC3(CC3)C2)cn1. The lowest BCUT2D eigenvalue weighted by molar-refractivity contribution is 0.580. The van der Waals surface area contributed by atoms with Gasteiger partial charge in [0.15, 0.2) is 0 Å². The smallest absolute Gasteiger partial charge is 0.147 e. The fourth-order valence-corrected chi connectivity index (χ4v) is 2.21. The van der Waals surface area contributed by atoms with Crippen LogP contribution in [0.2, 0.25) is 0 Å². The molecule has 1 saturated carbocycles. The van der Waals surface area contributed by atoms with Crippen molar-refractivity contribution in [2.45, 2.75) is 19.3 Å². The van der Waals surface area contributed by atoms with E-state index in [1.54, 1.807) is 12.4 Å². The molecule has 0 unspecified atom stereocenters. The number of hydrogen-bond acceptors (Lipinski definition) is 4. The summed E-state index contributed by atoms with van der Waals surface area (Å²) in [5.41, 5.74) is 6.14. The summed E-state index contributed by atoms with van der Waals surface area (Å²) >= 11 is 0. The first-order valence-corrected chi connectivity index (χ1v) is 5.10. The van der Waals surface area contributed by atoms with Gasteiger partial charge in [-0.25, -0.2) is 9.97 Å². The number of nitrogens with two attached hydrogens (primary N) is 1. The topological polar surface area (TPSA) is 55.0 Å². The standard InChI is InChI=1S/C10H14N4/c11-8-5-13-9(6-12-8)14-4-3-10(7-14)1-2-10/h5-6H,1-4,7H2,(H2,11,12). The fourth-order valence-electron chi connectivity index (χ4n) is 2.21. The Kier molecular flexibility index (Phi) is 1.48. The molecule has 0 bridgehead atoms. The van der Waals surface area contributed by atoms with Crippen LogP contribution in [0.15, 0.2) is 12.4 Å². The maximum absolute atomic E-state index is 5.50. The monoisotopic (exact) mass is 190 g/mol. The highest BCUT2D eigenvalue weighted by Crippen LogP contribution is 2.53. The minimum absolute atomic E-state index is 0.495. The number of rotatable bonds is 1. The zero-order valence-electron chi connectivity index (χ0n) is 8.11.